The molecular weight excluding hydrogens is 353 g/mol. The van der Waals surface area contributed by atoms with Gasteiger partial charge < -0.3 is 15.6 Å². The van der Waals surface area contributed by atoms with E-state index in [1.807, 2.05) is 12.3 Å². The summed E-state index contributed by atoms with van der Waals surface area (Å²) in [5.41, 5.74) is 0.638. The molecule has 0 bridgehead atoms. The van der Waals surface area contributed by atoms with E-state index in [2.05, 4.69) is 38.2 Å². The topological polar surface area (TPSA) is 56.9 Å². The Morgan fingerprint density at radius 3 is 2.63 bits per heavy atom. The van der Waals surface area contributed by atoms with Crippen molar-refractivity contribution in [3.8, 4) is 0 Å². The summed E-state index contributed by atoms with van der Waals surface area (Å²) in [6, 6.07) is 2.50. The highest BCUT2D eigenvalue weighted by Gasteiger charge is 2.11. The van der Waals surface area contributed by atoms with Gasteiger partial charge in [0.2, 0.25) is 0 Å². The van der Waals surface area contributed by atoms with Crippen LogP contribution in [0.2, 0.25) is 0 Å². The van der Waals surface area contributed by atoms with Crippen LogP contribution in [0, 0.1) is 3.57 Å². The maximum absolute atomic E-state index is 11.8. The highest BCUT2D eigenvalue weighted by molar-refractivity contribution is 14.1. The summed E-state index contributed by atoms with van der Waals surface area (Å²) in [4.78, 5) is 14.8. The fourth-order valence-corrected chi connectivity index (χ4v) is 3.00. The minimum atomic E-state index is -0.0226. The van der Waals surface area contributed by atoms with Crippen LogP contribution in [0.4, 0.5) is 0 Å². The zero-order valence-electron chi connectivity index (χ0n) is 11.2. The minimum Gasteiger partial charge on any atom is -0.356 e. The van der Waals surface area contributed by atoms with Gasteiger partial charge in [-0.25, -0.2) is 0 Å². The number of amides is 1. The first-order chi connectivity index (χ1) is 9.25. The van der Waals surface area contributed by atoms with Crippen LogP contribution < -0.4 is 10.6 Å². The summed E-state index contributed by atoms with van der Waals surface area (Å²) >= 11 is 2.19. The van der Waals surface area contributed by atoms with Crippen molar-refractivity contribution < 1.29 is 4.79 Å². The highest BCUT2D eigenvalue weighted by atomic mass is 127. The number of carbonyl (C=O) groups is 1. The van der Waals surface area contributed by atoms with E-state index >= 15 is 0 Å². The molecule has 0 radical (unpaired) electrons. The summed E-state index contributed by atoms with van der Waals surface area (Å²) < 4.78 is 1.05. The van der Waals surface area contributed by atoms with E-state index in [0.717, 1.165) is 10.1 Å². The number of carbonyl (C=O) groups excluding carboxylic acids is 1. The van der Waals surface area contributed by atoms with Gasteiger partial charge in [-0.3, -0.25) is 4.79 Å². The van der Waals surface area contributed by atoms with Crippen LogP contribution in [0.15, 0.2) is 12.3 Å². The molecule has 0 atom stereocenters. The smallest absolute Gasteiger partial charge is 0.267 e. The lowest BCUT2D eigenvalue weighted by Crippen LogP contribution is -2.36. The number of hydrogen-bond donors (Lipinski definition) is 3. The predicted octanol–water partition coefficient (Wildman–Crippen LogP) is 2.66. The first kappa shape index (κ1) is 14.8. The van der Waals surface area contributed by atoms with Crippen LogP contribution in [0.5, 0.6) is 0 Å². The second-order valence-electron chi connectivity index (χ2n) is 5.13. The molecule has 5 heteroatoms. The molecule has 1 aliphatic rings. The minimum absolute atomic E-state index is 0.0226. The zero-order valence-corrected chi connectivity index (χ0v) is 13.3. The number of aromatic amines is 1. The lowest BCUT2D eigenvalue weighted by Gasteiger charge is -2.16. The number of rotatable bonds is 5. The molecule has 1 fully saturated rings. The van der Waals surface area contributed by atoms with Crippen molar-refractivity contribution in [2.45, 2.75) is 44.6 Å². The van der Waals surface area contributed by atoms with Gasteiger partial charge >= 0.3 is 0 Å². The van der Waals surface area contributed by atoms with Crippen molar-refractivity contribution in [1.29, 1.82) is 0 Å². The first-order valence-electron chi connectivity index (χ1n) is 7.11. The van der Waals surface area contributed by atoms with Crippen LogP contribution in [-0.2, 0) is 0 Å². The van der Waals surface area contributed by atoms with Gasteiger partial charge in [0, 0.05) is 28.9 Å². The van der Waals surface area contributed by atoms with E-state index in [1.165, 1.54) is 38.5 Å². The lowest BCUT2D eigenvalue weighted by atomic mass is 10.1. The van der Waals surface area contributed by atoms with E-state index < -0.39 is 0 Å². The molecule has 1 aliphatic carbocycles. The van der Waals surface area contributed by atoms with Gasteiger partial charge in [-0.15, -0.1) is 0 Å². The van der Waals surface area contributed by atoms with E-state index in [1.54, 1.807) is 0 Å². The molecule has 0 aromatic carbocycles. The summed E-state index contributed by atoms with van der Waals surface area (Å²) in [7, 11) is 0. The molecule has 1 aromatic heterocycles. The molecule has 3 N–H and O–H groups in total. The van der Waals surface area contributed by atoms with Gasteiger partial charge in [-0.1, -0.05) is 25.7 Å². The molecule has 0 spiro atoms. The van der Waals surface area contributed by atoms with Gasteiger partial charge in [-0.2, -0.15) is 0 Å². The van der Waals surface area contributed by atoms with Gasteiger partial charge in [0.25, 0.3) is 5.91 Å². The summed E-state index contributed by atoms with van der Waals surface area (Å²) in [6.07, 6.45) is 9.82. The first-order valence-corrected chi connectivity index (χ1v) is 8.19. The van der Waals surface area contributed by atoms with Gasteiger partial charge in [0.15, 0.2) is 0 Å². The Morgan fingerprint density at radius 1 is 1.26 bits per heavy atom. The van der Waals surface area contributed by atoms with E-state index in [-0.39, 0.29) is 5.91 Å². The average Bonchev–Trinajstić information content (AvgIpc) is 2.68. The Bertz CT molecular complexity index is 397. The fourth-order valence-electron chi connectivity index (χ4n) is 2.53. The number of halogens is 1. The van der Waals surface area contributed by atoms with Gasteiger partial charge in [0.1, 0.15) is 5.69 Å². The third-order valence-corrected chi connectivity index (χ3v) is 4.21. The predicted molar refractivity (Wildman–Crippen MR) is 85.3 cm³/mol. The molecule has 1 saturated carbocycles. The second-order valence-corrected chi connectivity index (χ2v) is 6.38. The van der Waals surface area contributed by atoms with Crippen LogP contribution >= 0.6 is 22.6 Å². The Morgan fingerprint density at radius 2 is 2.00 bits per heavy atom. The Labute approximate surface area is 128 Å². The third kappa shape index (κ3) is 5.14. The molecule has 1 amide bonds. The highest BCUT2D eigenvalue weighted by Crippen LogP contribution is 2.16. The van der Waals surface area contributed by atoms with Crippen molar-refractivity contribution in [2.75, 3.05) is 13.1 Å². The third-order valence-electron chi connectivity index (χ3n) is 3.59. The van der Waals surface area contributed by atoms with E-state index in [9.17, 15) is 4.79 Å². The Hall–Kier alpha value is -0.560. The standard InChI is InChI=1S/C14H22IN3O/c15-11-9-13(18-10-11)14(19)17-8-7-16-12-5-3-1-2-4-6-12/h9-10,12,16,18H,1-8H2,(H,17,19). The van der Waals surface area contributed by atoms with Crippen molar-refractivity contribution in [3.05, 3.63) is 21.5 Å². The second kappa shape index (κ2) is 7.89. The Kier molecular flexibility index (Phi) is 6.16. The summed E-state index contributed by atoms with van der Waals surface area (Å²) in [6.45, 7) is 1.54. The van der Waals surface area contributed by atoms with E-state index in [4.69, 9.17) is 0 Å². The number of nitrogens with one attached hydrogen (secondary N) is 3. The summed E-state index contributed by atoms with van der Waals surface area (Å²) in [5.74, 6) is -0.0226. The molecular formula is C14H22IN3O. The molecule has 0 aliphatic heterocycles. The molecule has 2 rings (SSSR count). The monoisotopic (exact) mass is 375 g/mol. The molecule has 0 unspecified atom stereocenters. The maximum Gasteiger partial charge on any atom is 0.267 e. The SMILES string of the molecule is O=C(NCCNC1CCCCCC1)c1cc(I)c[nH]1. The van der Waals surface area contributed by atoms with Crippen molar-refractivity contribution in [1.82, 2.24) is 15.6 Å². The van der Waals surface area contributed by atoms with Gasteiger partial charge in [0.05, 0.1) is 0 Å². The molecule has 1 aromatic rings. The Balaban J connectivity index is 1.62. The van der Waals surface area contributed by atoms with Crippen LogP contribution in [-0.4, -0.2) is 30.0 Å². The molecule has 19 heavy (non-hydrogen) atoms. The lowest BCUT2D eigenvalue weighted by molar-refractivity contribution is 0.0949. The van der Waals surface area contributed by atoms with Crippen molar-refractivity contribution in [3.63, 3.8) is 0 Å². The number of hydrogen-bond acceptors (Lipinski definition) is 2. The summed E-state index contributed by atoms with van der Waals surface area (Å²) in [5, 5.41) is 6.48. The average molecular weight is 375 g/mol. The maximum atomic E-state index is 11.8. The molecule has 106 valence electrons. The zero-order chi connectivity index (χ0) is 13.5. The van der Waals surface area contributed by atoms with Crippen LogP contribution in [0.25, 0.3) is 0 Å². The van der Waals surface area contributed by atoms with Crippen molar-refractivity contribution in [2.24, 2.45) is 0 Å². The quantitative estimate of drug-likeness (QED) is 0.421. The van der Waals surface area contributed by atoms with Crippen LogP contribution in [0.3, 0.4) is 0 Å². The molecule has 0 saturated heterocycles. The largest absolute Gasteiger partial charge is 0.356 e. The normalized spacial score (nSPS) is 17.1. The number of H-pyrrole nitrogens is 1. The molecule has 1 heterocycles. The van der Waals surface area contributed by atoms with E-state index in [0.29, 0.717) is 18.3 Å². The number of aromatic nitrogens is 1. The fraction of sp³-hybridized carbons (Fsp3) is 0.643. The van der Waals surface area contributed by atoms with Crippen molar-refractivity contribution >= 4 is 28.5 Å². The van der Waals surface area contributed by atoms with Gasteiger partial charge in [-0.05, 0) is 41.5 Å². The van der Waals surface area contributed by atoms with Crippen LogP contribution in [0.1, 0.15) is 49.0 Å². The molecule has 4 nitrogen and oxygen atoms in total.